The van der Waals surface area contributed by atoms with Crippen molar-refractivity contribution in [1.82, 2.24) is 4.90 Å². The molecule has 1 aromatic carbocycles. The molecule has 1 aliphatic rings. The molecule has 1 fully saturated rings. The van der Waals surface area contributed by atoms with Crippen molar-refractivity contribution in [1.29, 1.82) is 0 Å². The number of amides is 1. The molecule has 0 aromatic heterocycles. The third kappa shape index (κ3) is 4.44. The van der Waals surface area contributed by atoms with E-state index in [1.165, 1.54) is 11.5 Å². The SMILES string of the molecule is Cc1cc(N)ccc1NC(=O)CCN1CCSCC1. The number of aryl methyl sites for hydroxylation is 1. The minimum absolute atomic E-state index is 0.0751. The van der Waals surface area contributed by atoms with Gasteiger partial charge in [-0.15, -0.1) is 0 Å². The number of benzene rings is 1. The number of nitrogens with one attached hydrogen (secondary N) is 1. The molecular weight excluding hydrogens is 258 g/mol. The van der Waals surface area contributed by atoms with Crippen LogP contribution in [-0.2, 0) is 4.79 Å². The molecule has 5 heteroatoms. The number of carbonyl (C=O) groups is 1. The van der Waals surface area contributed by atoms with Gasteiger partial charge in [-0.3, -0.25) is 4.79 Å². The van der Waals surface area contributed by atoms with Crippen molar-refractivity contribution < 1.29 is 4.79 Å². The summed E-state index contributed by atoms with van der Waals surface area (Å²) in [7, 11) is 0. The zero-order chi connectivity index (χ0) is 13.7. The van der Waals surface area contributed by atoms with Crippen LogP contribution in [0.1, 0.15) is 12.0 Å². The summed E-state index contributed by atoms with van der Waals surface area (Å²) in [5.74, 6) is 2.43. The Hall–Kier alpha value is -1.20. The van der Waals surface area contributed by atoms with Crippen molar-refractivity contribution in [2.24, 2.45) is 0 Å². The molecule has 0 aliphatic carbocycles. The van der Waals surface area contributed by atoms with Crippen molar-refractivity contribution >= 4 is 29.0 Å². The van der Waals surface area contributed by atoms with Gasteiger partial charge >= 0.3 is 0 Å². The number of hydrogen-bond donors (Lipinski definition) is 2. The van der Waals surface area contributed by atoms with Crippen molar-refractivity contribution in [3.63, 3.8) is 0 Å². The van der Waals surface area contributed by atoms with Gasteiger partial charge in [0.1, 0.15) is 0 Å². The lowest BCUT2D eigenvalue weighted by Gasteiger charge is -2.25. The molecule has 0 unspecified atom stereocenters. The summed E-state index contributed by atoms with van der Waals surface area (Å²) < 4.78 is 0. The molecule has 104 valence electrons. The van der Waals surface area contributed by atoms with Crippen LogP contribution in [0.2, 0.25) is 0 Å². The zero-order valence-corrected chi connectivity index (χ0v) is 12.1. The van der Waals surface area contributed by atoms with Gasteiger partial charge in [-0.25, -0.2) is 0 Å². The maximum atomic E-state index is 11.9. The predicted molar refractivity (Wildman–Crippen MR) is 82.6 cm³/mol. The highest BCUT2D eigenvalue weighted by atomic mass is 32.2. The van der Waals surface area contributed by atoms with E-state index in [1.54, 1.807) is 0 Å². The fraction of sp³-hybridized carbons (Fsp3) is 0.500. The normalized spacial score (nSPS) is 16.3. The van der Waals surface area contributed by atoms with E-state index in [1.807, 2.05) is 36.9 Å². The minimum Gasteiger partial charge on any atom is -0.399 e. The van der Waals surface area contributed by atoms with Crippen molar-refractivity contribution in [2.45, 2.75) is 13.3 Å². The van der Waals surface area contributed by atoms with E-state index in [4.69, 9.17) is 5.73 Å². The van der Waals surface area contributed by atoms with Crippen LogP contribution in [0.3, 0.4) is 0 Å². The summed E-state index contributed by atoms with van der Waals surface area (Å²) in [6.45, 7) is 4.99. The molecule has 19 heavy (non-hydrogen) atoms. The third-order valence-electron chi connectivity index (χ3n) is 3.28. The smallest absolute Gasteiger partial charge is 0.225 e. The first-order chi connectivity index (χ1) is 9.15. The molecule has 0 spiro atoms. The second-order valence-electron chi connectivity index (χ2n) is 4.83. The first kappa shape index (κ1) is 14.2. The van der Waals surface area contributed by atoms with Crippen LogP contribution in [-0.4, -0.2) is 41.9 Å². The standard InChI is InChI=1S/C14H21N3OS/c1-11-10-12(15)2-3-13(11)16-14(18)4-5-17-6-8-19-9-7-17/h2-3,10H,4-9,15H2,1H3,(H,16,18). The molecule has 0 radical (unpaired) electrons. The van der Waals surface area contributed by atoms with E-state index in [0.717, 1.165) is 36.6 Å². The first-order valence-electron chi connectivity index (χ1n) is 6.61. The Balaban J connectivity index is 1.80. The van der Waals surface area contributed by atoms with E-state index >= 15 is 0 Å². The van der Waals surface area contributed by atoms with Gasteiger partial charge in [0.25, 0.3) is 0 Å². The Morgan fingerprint density at radius 3 is 2.84 bits per heavy atom. The Morgan fingerprint density at radius 2 is 2.16 bits per heavy atom. The number of anilines is 2. The topological polar surface area (TPSA) is 58.4 Å². The summed E-state index contributed by atoms with van der Waals surface area (Å²) in [5, 5.41) is 2.95. The van der Waals surface area contributed by atoms with Crippen LogP contribution in [0, 0.1) is 6.92 Å². The summed E-state index contributed by atoms with van der Waals surface area (Å²) in [4.78, 5) is 14.3. The fourth-order valence-corrected chi connectivity index (χ4v) is 3.10. The molecule has 0 bridgehead atoms. The van der Waals surface area contributed by atoms with Gasteiger partial charge in [-0.1, -0.05) is 0 Å². The van der Waals surface area contributed by atoms with E-state index in [-0.39, 0.29) is 5.91 Å². The molecule has 0 saturated carbocycles. The Morgan fingerprint density at radius 1 is 1.42 bits per heavy atom. The molecule has 0 atom stereocenters. The zero-order valence-electron chi connectivity index (χ0n) is 11.3. The number of nitrogens with two attached hydrogens (primary N) is 1. The molecule has 4 nitrogen and oxygen atoms in total. The van der Waals surface area contributed by atoms with Crippen LogP contribution in [0.5, 0.6) is 0 Å². The number of carbonyl (C=O) groups excluding carboxylic acids is 1. The van der Waals surface area contributed by atoms with Crippen molar-refractivity contribution in [3.05, 3.63) is 23.8 Å². The summed E-state index contributed by atoms with van der Waals surface area (Å²) in [5.41, 5.74) is 8.27. The number of hydrogen-bond acceptors (Lipinski definition) is 4. The van der Waals surface area contributed by atoms with E-state index in [9.17, 15) is 4.79 Å². The van der Waals surface area contributed by atoms with Crippen LogP contribution in [0.4, 0.5) is 11.4 Å². The van der Waals surface area contributed by atoms with E-state index in [0.29, 0.717) is 6.42 Å². The Labute approximate surface area is 118 Å². The van der Waals surface area contributed by atoms with E-state index < -0.39 is 0 Å². The van der Waals surface area contributed by atoms with Gasteiger partial charge in [-0.2, -0.15) is 11.8 Å². The third-order valence-corrected chi connectivity index (χ3v) is 4.23. The quantitative estimate of drug-likeness (QED) is 0.827. The first-order valence-corrected chi connectivity index (χ1v) is 7.77. The van der Waals surface area contributed by atoms with Crippen molar-refractivity contribution in [3.8, 4) is 0 Å². The van der Waals surface area contributed by atoms with Crippen LogP contribution >= 0.6 is 11.8 Å². The largest absolute Gasteiger partial charge is 0.399 e. The molecule has 2 rings (SSSR count). The summed E-state index contributed by atoms with van der Waals surface area (Å²) in [6, 6.07) is 5.54. The lowest BCUT2D eigenvalue weighted by Crippen LogP contribution is -2.35. The second-order valence-corrected chi connectivity index (χ2v) is 6.05. The molecule has 3 N–H and O–H groups in total. The average molecular weight is 279 g/mol. The average Bonchev–Trinajstić information content (AvgIpc) is 2.41. The summed E-state index contributed by atoms with van der Waals surface area (Å²) in [6.07, 6.45) is 0.550. The summed E-state index contributed by atoms with van der Waals surface area (Å²) >= 11 is 1.98. The monoisotopic (exact) mass is 279 g/mol. The number of nitrogen functional groups attached to an aromatic ring is 1. The van der Waals surface area contributed by atoms with Crippen LogP contribution in [0.15, 0.2) is 18.2 Å². The predicted octanol–water partition coefficient (Wildman–Crippen LogP) is 1.95. The Kier molecular flexibility index (Phi) is 5.10. The van der Waals surface area contributed by atoms with Crippen molar-refractivity contribution in [2.75, 3.05) is 42.2 Å². The van der Waals surface area contributed by atoms with E-state index in [2.05, 4.69) is 10.2 Å². The maximum absolute atomic E-state index is 11.9. The van der Waals surface area contributed by atoms with Gasteiger partial charge in [0.15, 0.2) is 0 Å². The molecule has 1 heterocycles. The van der Waals surface area contributed by atoms with Gasteiger partial charge < -0.3 is 16.0 Å². The molecule has 1 saturated heterocycles. The highest BCUT2D eigenvalue weighted by Crippen LogP contribution is 2.18. The highest BCUT2D eigenvalue weighted by Gasteiger charge is 2.12. The molecule has 1 aliphatic heterocycles. The molecular formula is C14H21N3OS. The number of rotatable bonds is 4. The maximum Gasteiger partial charge on any atom is 0.225 e. The molecule has 1 aromatic rings. The lowest BCUT2D eigenvalue weighted by molar-refractivity contribution is -0.116. The van der Waals surface area contributed by atoms with Gasteiger partial charge in [-0.05, 0) is 30.7 Å². The van der Waals surface area contributed by atoms with Gasteiger partial charge in [0.2, 0.25) is 5.91 Å². The second kappa shape index (κ2) is 6.82. The van der Waals surface area contributed by atoms with Gasteiger partial charge in [0, 0.05) is 48.9 Å². The highest BCUT2D eigenvalue weighted by molar-refractivity contribution is 7.99. The number of nitrogens with zero attached hydrogens (tertiary/aromatic N) is 1. The molecule has 1 amide bonds. The minimum atomic E-state index is 0.0751. The Bertz CT molecular complexity index is 444. The van der Waals surface area contributed by atoms with Crippen LogP contribution in [0.25, 0.3) is 0 Å². The fourth-order valence-electron chi connectivity index (χ4n) is 2.12. The lowest BCUT2D eigenvalue weighted by atomic mass is 10.2. The van der Waals surface area contributed by atoms with Gasteiger partial charge in [0.05, 0.1) is 0 Å². The van der Waals surface area contributed by atoms with Crippen LogP contribution < -0.4 is 11.1 Å². The number of thioether (sulfide) groups is 1.